The molecule has 0 saturated carbocycles. The third-order valence-electron chi connectivity index (χ3n) is 5.18. The minimum absolute atomic E-state index is 0.173. The van der Waals surface area contributed by atoms with Crippen LogP contribution in [-0.2, 0) is 24.9 Å². The molecule has 0 aromatic carbocycles. The maximum atomic E-state index is 12.8. The van der Waals surface area contributed by atoms with Crippen molar-refractivity contribution in [3.8, 4) is 0 Å². The summed E-state index contributed by atoms with van der Waals surface area (Å²) in [7, 11) is 8.05. The Labute approximate surface area is 167 Å². The third-order valence-corrected chi connectivity index (χ3v) is 5.18. The Bertz CT molecular complexity index is 774. The SMILES string of the molecule is CN(C)Cc1nnc([C@@H]2CCCN(C(=O)CN(C)Cc3cccnc3)C2)n1C. The molecule has 0 aliphatic carbocycles. The van der Waals surface area contributed by atoms with Crippen molar-refractivity contribution < 1.29 is 4.79 Å². The Morgan fingerprint density at radius 3 is 2.79 bits per heavy atom. The number of hydrogen-bond acceptors (Lipinski definition) is 6. The average Bonchev–Trinajstić information content (AvgIpc) is 3.02. The van der Waals surface area contributed by atoms with E-state index in [1.54, 1.807) is 6.20 Å². The molecule has 1 atom stereocenters. The first-order valence-electron chi connectivity index (χ1n) is 9.82. The number of amides is 1. The van der Waals surface area contributed by atoms with E-state index in [-0.39, 0.29) is 11.8 Å². The van der Waals surface area contributed by atoms with Gasteiger partial charge in [0, 0.05) is 45.0 Å². The molecule has 0 unspecified atom stereocenters. The summed E-state index contributed by atoms with van der Waals surface area (Å²) in [5.41, 5.74) is 1.11. The van der Waals surface area contributed by atoms with Gasteiger partial charge in [-0.15, -0.1) is 10.2 Å². The van der Waals surface area contributed by atoms with Crippen LogP contribution in [0.1, 0.15) is 36.0 Å². The molecule has 8 heteroatoms. The number of carbonyl (C=O) groups excluding carboxylic acids is 1. The van der Waals surface area contributed by atoms with E-state index in [1.807, 2.05) is 56.3 Å². The monoisotopic (exact) mass is 385 g/mol. The van der Waals surface area contributed by atoms with Gasteiger partial charge < -0.3 is 14.4 Å². The van der Waals surface area contributed by atoms with Crippen LogP contribution >= 0.6 is 0 Å². The van der Waals surface area contributed by atoms with Crippen LogP contribution in [0.15, 0.2) is 24.5 Å². The Kier molecular flexibility index (Phi) is 6.74. The van der Waals surface area contributed by atoms with Gasteiger partial charge in [0.1, 0.15) is 11.6 Å². The summed E-state index contributed by atoms with van der Waals surface area (Å²) < 4.78 is 2.09. The predicted octanol–water partition coefficient (Wildman–Crippen LogP) is 1.11. The van der Waals surface area contributed by atoms with Crippen molar-refractivity contribution in [1.29, 1.82) is 0 Å². The summed E-state index contributed by atoms with van der Waals surface area (Å²) in [5.74, 6) is 2.36. The number of likely N-dealkylation sites (tertiary alicyclic amines) is 1. The number of hydrogen-bond donors (Lipinski definition) is 0. The standard InChI is InChI=1S/C20H31N7O/c1-24(2)14-18-22-23-20(26(18)4)17-8-6-10-27(13-17)19(28)15-25(3)12-16-7-5-9-21-11-16/h5,7,9,11,17H,6,8,10,12-15H2,1-4H3/t17-/m1/s1. The zero-order valence-corrected chi connectivity index (χ0v) is 17.4. The highest BCUT2D eigenvalue weighted by atomic mass is 16.2. The smallest absolute Gasteiger partial charge is 0.236 e. The van der Waals surface area contributed by atoms with Gasteiger partial charge >= 0.3 is 0 Å². The van der Waals surface area contributed by atoms with Crippen LogP contribution in [0.5, 0.6) is 0 Å². The molecule has 0 bridgehead atoms. The van der Waals surface area contributed by atoms with Crippen LogP contribution in [0.3, 0.4) is 0 Å². The van der Waals surface area contributed by atoms with Crippen molar-refractivity contribution in [3.05, 3.63) is 41.7 Å². The lowest BCUT2D eigenvalue weighted by Crippen LogP contribution is -2.44. The molecular formula is C20H31N7O. The number of carbonyl (C=O) groups is 1. The molecule has 1 saturated heterocycles. The maximum Gasteiger partial charge on any atom is 0.236 e. The molecular weight excluding hydrogens is 354 g/mol. The Balaban J connectivity index is 1.58. The minimum Gasteiger partial charge on any atom is -0.341 e. The van der Waals surface area contributed by atoms with E-state index in [2.05, 4.69) is 24.6 Å². The predicted molar refractivity (Wildman–Crippen MR) is 108 cm³/mol. The van der Waals surface area contributed by atoms with Gasteiger partial charge in [0.15, 0.2) is 0 Å². The third kappa shape index (κ3) is 5.14. The summed E-state index contributed by atoms with van der Waals surface area (Å²) >= 11 is 0. The number of rotatable bonds is 7. The van der Waals surface area contributed by atoms with Gasteiger partial charge in [-0.2, -0.15) is 0 Å². The van der Waals surface area contributed by atoms with Crippen molar-refractivity contribution in [2.45, 2.75) is 31.8 Å². The van der Waals surface area contributed by atoms with Crippen molar-refractivity contribution in [1.82, 2.24) is 34.4 Å². The topological polar surface area (TPSA) is 70.4 Å². The molecule has 0 N–H and O–H groups in total. The fraction of sp³-hybridized carbons (Fsp3) is 0.600. The summed E-state index contributed by atoms with van der Waals surface area (Å²) in [5, 5.41) is 8.78. The summed E-state index contributed by atoms with van der Waals surface area (Å²) in [4.78, 5) is 23.1. The number of aromatic nitrogens is 4. The van der Waals surface area contributed by atoms with Crippen LogP contribution in [0.4, 0.5) is 0 Å². The zero-order valence-electron chi connectivity index (χ0n) is 17.4. The zero-order chi connectivity index (χ0) is 20.1. The quantitative estimate of drug-likeness (QED) is 0.711. The van der Waals surface area contributed by atoms with Gasteiger partial charge in [-0.3, -0.25) is 14.7 Å². The van der Waals surface area contributed by atoms with Crippen molar-refractivity contribution in [3.63, 3.8) is 0 Å². The van der Waals surface area contributed by atoms with Crippen molar-refractivity contribution >= 4 is 5.91 Å². The fourth-order valence-corrected chi connectivity index (χ4v) is 3.76. The molecule has 152 valence electrons. The number of piperidine rings is 1. The highest BCUT2D eigenvalue weighted by Crippen LogP contribution is 2.26. The number of pyridine rings is 1. The molecule has 28 heavy (non-hydrogen) atoms. The first-order valence-corrected chi connectivity index (χ1v) is 9.82. The molecule has 1 aliphatic rings. The molecule has 2 aromatic rings. The highest BCUT2D eigenvalue weighted by molar-refractivity contribution is 5.78. The highest BCUT2D eigenvalue weighted by Gasteiger charge is 2.28. The molecule has 0 radical (unpaired) electrons. The molecule has 2 aromatic heterocycles. The maximum absolute atomic E-state index is 12.8. The van der Waals surface area contributed by atoms with Crippen LogP contribution in [-0.4, -0.2) is 81.1 Å². The van der Waals surface area contributed by atoms with E-state index in [1.165, 1.54) is 0 Å². The summed E-state index contributed by atoms with van der Waals surface area (Å²) in [6, 6.07) is 3.95. The van der Waals surface area contributed by atoms with Gasteiger partial charge in [0.2, 0.25) is 5.91 Å². The van der Waals surface area contributed by atoms with Crippen molar-refractivity contribution in [2.75, 3.05) is 40.8 Å². The molecule has 0 spiro atoms. The first kappa shape index (κ1) is 20.4. The van der Waals surface area contributed by atoms with Gasteiger partial charge in [0.25, 0.3) is 0 Å². The lowest BCUT2D eigenvalue weighted by molar-refractivity contribution is -0.133. The second-order valence-electron chi connectivity index (χ2n) is 7.98. The van der Waals surface area contributed by atoms with Crippen LogP contribution < -0.4 is 0 Å². The van der Waals surface area contributed by atoms with Gasteiger partial charge in [-0.1, -0.05) is 6.07 Å². The molecule has 3 rings (SSSR count). The van der Waals surface area contributed by atoms with E-state index in [0.717, 1.165) is 43.1 Å². The van der Waals surface area contributed by atoms with Crippen LogP contribution in [0.2, 0.25) is 0 Å². The summed E-state index contributed by atoms with van der Waals surface area (Å²) in [6.45, 7) is 3.42. The molecule has 1 aliphatic heterocycles. The van der Waals surface area contributed by atoms with Gasteiger partial charge in [0.05, 0.1) is 13.1 Å². The van der Waals surface area contributed by atoms with Gasteiger partial charge in [-0.25, -0.2) is 0 Å². The largest absolute Gasteiger partial charge is 0.341 e. The Hall–Kier alpha value is -2.32. The van der Waals surface area contributed by atoms with E-state index >= 15 is 0 Å². The lowest BCUT2D eigenvalue weighted by Gasteiger charge is -2.33. The Morgan fingerprint density at radius 1 is 1.25 bits per heavy atom. The first-order chi connectivity index (χ1) is 13.4. The van der Waals surface area contributed by atoms with Gasteiger partial charge in [-0.05, 0) is 45.6 Å². The van der Waals surface area contributed by atoms with E-state index in [4.69, 9.17) is 0 Å². The number of nitrogens with zero attached hydrogens (tertiary/aromatic N) is 7. The van der Waals surface area contributed by atoms with Crippen molar-refractivity contribution in [2.24, 2.45) is 7.05 Å². The lowest BCUT2D eigenvalue weighted by atomic mass is 9.97. The number of likely N-dealkylation sites (N-methyl/N-ethyl adjacent to an activating group) is 1. The average molecular weight is 386 g/mol. The molecule has 1 amide bonds. The fourth-order valence-electron chi connectivity index (χ4n) is 3.76. The van der Waals surface area contributed by atoms with E-state index < -0.39 is 0 Å². The second kappa shape index (κ2) is 9.25. The molecule has 8 nitrogen and oxygen atoms in total. The molecule has 3 heterocycles. The Morgan fingerprint density at radius 2 is 2.07 bits per heavy atom. The van der Waals surface area contributed by atoms with Crippen LogP contribution in [0.25, 0.3) is 0 Å². The van der Waals surface area contributed by atoms with Crippen LogP contribution in [0, 0.1) is 0 Å². The summed E-state index contributed by atoms with van der Waals surface area (Å²) in [6.07, 6.45) is 5.65. The minimum atomic E-state index is 0.173. The molecule has 1 fully saturated rings. The normalized spacial score (nSPS) is 17.5. The van der Waals surface area contributed by atoms with E-state index in [0.29, 0.717) is 19.6 Å². The van der Waals surface area contributed by atoms with E-state index in [9.17, 15) is 4.79 Å². The second-order valence-corrected chi connectivity index (χ2v) is 7.98.